The van der Waals surface area contributed by atoms with Crippen LogP contribution in [0.5, 0.6) is 5.75 Å². The normalized spacial score (nSPS) is 15.7. The number of carbonyl (C=O) groups is 2. The first-order valence-electron chi connectivity index (χ1n) is 10.5. The summed E-state index contributed by atoms with van der Waals surface area (Å²) in [5.41, 5.74) is 12.7. The Morgan fingerprint density at radius 1 is 1.22 bits per heavy atom. The Labute approximate surface area is 192 Å². The van der Waals surface area contributed by atoms with E-state index in [4.69, 9.17) is 32.5 Å². The number of nitrogens with zero attached hydrogens (tertiary/aromatic N) is 1. The fraction of sp³-hybridized carbons (Fsp3) is 0.391. The van der Waals surface area contributed by atoms with Crippen LogP contribution in [0.15, 0.2) is 42.5 Å². The summed E-state index contributed by atoms with van der Waals surface area (Å²) in [6.07, 6.45) is 0.638. The lowest BCUT2D eigenvalue weighted by molar-refractivity contribution is 0.0633. The molecule has 9 heteroatoms. The van der Waals surface area contributed by atoms with Gasteiger partial charge in [0.2, 0.25) is 0 Å². The average molecular weight is 461 g/mol. The highest BCUT2D eigenvalue weighted by Gasteiger charge is 2.25. The third-order valence-corrected chi connectivity index (χ3v) is 6.00. The van der Waals surface area contributed by atoms with E-state index in [0.717, 1.165) is 31.5 Å². The molecule has 8 nitrogen and oxygen atoms in total. The van der Waals surface area contributed by atoms with Crippen molar-refractivity contribution in [2.24, 2.45) is 11.7 Å². The first kappa shape index (κ1) is 23.7. The summed E-state index contributed by atoms with van der Waals surface area (Å²) in [5, 5.41) is 3.32. The number of amides is 2. The second kappa shape index (κ2) is 11.1. The van der Waals surface area contributed by atoms with Gasteiger partial charge in [-0.2, -0.15) is 0 Å². The van der Waals surface area contributed by atoms with Crippen molar-refractivity contribution in [2.75, 3.05) is 39.0 Å². The first-order valence-corrected chi connectivity index (χ1v) is 10.9. The van der Waals surface area contributed by atoms with Crippen molar-refractivity contribution in [1.29, 1.82) is 0 Å². The Hall–Kier alpha value is -2.97. The Kier molecular flexibility index (Phi) is 8.19. The molecule has 3 rings (SSSR count). The smallest absolute Gasteiger partial charge is 0.405 e. The minimum atomic E-state index is -0.783. The third-order valence-electron chi connectivity index (χ3n) is 5.68. The summed E-state index contributed by atoms with van der Waals surface area (Å²) < 4.78 is 10.6. The predicted molar refractivity (Wildman–Crippen MR) is 124 cm³/mol. The number of hydrogen-bond donors (Lipinski definition) is 3. The van der Waals surface area contributed by atoms with Crippen LogP contribution >= 0.6 is 11.6 Å². The summed E-state index contributed by atoms with van der Waals surface area (Å²) in [6.45, 7) is 2.80. The summed E-state index contributed by atoms with van der Waals surface area (Å²) in [6, 6.07) is 12.7. The molecule has 1 heterocycles. The van der Waals surface area contributed by atoms with E-state index in [-0.39, 0.29) is 5.91 Å². The molecular formula is C23H29ClN4O4. The molecule has 0 aromatic heterocycles. The van der Waals surface area contributed by atoms with Gasteiger partial charge in [-0.25, -0.2) is 4.79 Å². The van der Waals surface area contributed by atoms with E-state index < -0.39 is 12.2 Å². The highest BCUT2D eigenvalue weighted by molar-refractivity contribution is 6.33. The molecule has 5 N–H and O–H groups in total. The van der Waals surface area contributed by atoms with Gasteiger partial charge in [0.1, 0.15) is 11.9 Å². The minimum absolute atomic E-state index is 0.244. The van der Waals surface area contributed by atoms with Gasteiger partial charge in [0, 0.05) is 19.2 Å². The van der Waals surface area contributed by atoms with Crippen LogP contribution in [0.1, 0.15) is 34.9 Å². The fourth-order valence-corrected chi connectivity index (χ4v) is 4.03. The standard InChI is InChI=1S/C23H29ClN4O4/c1-31-20-12-18(24)19(25)11-17(20)22(29)27-13-15-7-9-28(10-8-15)14-21(32-23(26)30)16-5-3-2-4-6-16/h2-6,11-12,15,21H,7-10,13-14,25H2,1H3,(H2,26,30)(H,27,29). The Bertz CT molecular complexity index is 933. The number of carbonyl (C=O) groups excluding carboxylic acids is 2. The number of ether oxygens (including phenoxy) is 2. The van der Waals surface area contributed by atoms with E-state index >= 15 is 0 Å². The van der Waals surface area contributed by atoms with Crippen LogP contribution in [-0.2, 0) is 4.74 Å². The van der Waals surface area contributed by atoms with Crippen LogP contribution in [0.2, 0.25) is 5.02 Å². The summed E-state index contributed by atoms with van der Waals surface area (Å²) >= 11 is 6.01. The van der Waals surface area contributed by atoms with Crippen molar-refractivity contribution < 1.29 is 19.1 Å². The van der Waals surface area contributed by atoms with Crippen molar-refractivity contribution in [2.45, 2.75) is 18.9 Å². The number of rotatable bonds is 8. The molecule has 172 valence electrons. The van der Waals surface area contributed by atoms with Crippen LogP contribution in [0.25, 0.3) is 0 Å². The van der Waals surface area contributed by atoms with Gasteiger partial charge in [0.25, 0.3) is 5.91 Å². The van der Waals surface area contributed by atoms with Crippen LogP contribution in [-0.4, -0.2) is 50.2 Å². The molecule has 0 bridgehead atoms. The third kappa shape index (κ3) is 6.27. The minimum Gasteiger partial charge on any atom is -0.496 e. The zero-order valence-electron chi connectivity index (χ0n) is 18.1. The van der Waals surface area contributed by atoms with E-state index in [9.17, 15) is 9.59 Å². The molecule has 32 heavy (non-hydrogen) atoms. The van der Waals surface area contributed by atoms with Gasteiger partial charge in [-0.3, -0.25) is 9.69 Å². The fourth-order valence-electron chi connectivity index (χ4n) is 3.88. The zero-order valence-corrected chi connectivity index (χ0v) is 18.8. The van der Waals surface area contributed by atoms with E-state index in [0.29, 0.717) is 41.0 Å². The van der Waals surface area contributed by atoms with Crippen LogP contribution in [0.3, 0.4) is 0 Å². The lowest BCUT2D eigenvalue weighted by Gasteiger charge is -2.34. The molecule has 1 aliphatic rings. The van der Waals surface area contributed by atoms with Crippen molar-refractivity contribution >= 4 is 29.3 Å². The van der Waals surface area contributed by atoms with E-state index in [2.05, 4.69) is 10.2 Å². The molecule has 2 aromatic rings. The summed E-state index contributed by atoms with van der Waals surface area (Å²) in [7, 11) is 1.49. The first-order chi connectivity index (χ1) is 15.4. The van der Waals surface area contributed by atoms with Gasteiger partial charge >= 0.3 is 6.09 Å². The summed E-state index contributed by atoms with van der Waals surface area (Å²) in [4.78, 5) is 26.2. The maximum atomic E-state index is 12.6. The van der Waals surface area contributed by atoms with Gasteiger partial charge < -0.3 is 26.3 Å². The number of anilines is 1. The molecular weight excluding hydrogens is 432 g/mol. The molecule has 1 unspecified atom stereocenters. The number of nitrogen functional groups attached to an aromatic ring is 1. The Morgan fingerprint density at radius 3 is 2.53 bits per heavy atom. The Morgan fingerprint density at radius 2 is 1.91 bits per heavy atom. The lowest BCUT2D eigenvalue weighted by atomic mass is 9.96. The predicted octanol–water partition coefficient (Wildman–Crippen LogP) is 3.21. The number of hydrogen-bond acceptors (Lipinski definition) is 6. The van der Waals surface area contributed by atoms with Crippen LogP contribution < -0.4 is 21.5 Å². The number of primary amides is 1. The highest BCUT2D eigenvalue weighted by Crippen LogP contribution is 2.29. The van der Waals surface area contributed by atoms with Crippen molar-refractivity contribution in [3.05, 3.63) is 58.6 Å². The summed E-state index contributed by atoms with van der Waals surface area (Å²) in [5.74, 6) is 0.489. The quantitative estimate of drug-likeness (QED) is 0.520. The molecule has 0 aliphatic carbocycles. The van der Waals surface area contributed by atoms with E-state index in [1.807, 2.05) is 30.3 Å². The van der Waals surface area contributed by atoms with Gasteiger partial charge in [-0.15, -0.1) is 0 Å². The van der Waals surface area contributed by atoms with Gasteiger partial charge in [-0.05, 0) is 43.5 Å². The lowest BCUT2D eigenvalue weighted by Crippen LogP contribution is -2.41. The highest BCUT2D eigenvalue weighted by atomic mass is 35.5. The second-order valence-electron chi connectivity index (χ2n) is 7.86. The molecule has 0 saturated carbocycles. The number of halogens is 1. The maximum Gasteiger partial charge on any atom is 0.405 e. The van der Waals surface area contributed by atoms with Gasteiger partial charge in [0.15, 0.2) is 0 Å². The molecule has 2 aromatic carbocycles. The van der Waals surface area contributed by atoms with Crippen LogP contribution in [0, 0.1) is 5.92 Å². The SMILES string of the molecule is COc1cc(Cl)c(N)cc1C(=O)NCC1CCN(CC(OC(N)=O)c2ccccc2)CC1. The zero-order chi connectivity index (χ0) is 23.1. The monoisotopic (exact) mass is 460 g/mol. The van der Waals surface area contributed by atoms with Crippen LogP contribution in [0.4, 0.5) is 10.5 Å². The molecule has 1 aliphatic heterocycles. The second-order valence-corrected chi connectivity index (χ2v) is 8.27. The van der Waals surface area contributed by atoms with Crippen molar-refractivity contribution in [3.8, 4) is 5.75 Å². The number of likely N-dealkylation sites (tertiary alicyclic amines) is 1. The number of nitrogens with one attached hydrogen (secondary N) is 1. The van der Waals surface area contributed by atoms with Crippen molar-refractivity contribution in [1.82, 2.24) is 10.2 Å². The van der Waals surface area contributed by atoms with E-state index in [1.165, 1.54) is 13.2 Å². The molecule has 1 atom stereocenters. The van der Waals surface area contributed by atoms with Gasteiger partial charge in [-0.1, -0.05) is 41.9 Å². The molecule has 0 radical (unpaired) electrons. The number of piperidine rings is 1. The molecule has 2 amide bonds. The molecule has 0 spiro atoms. The number of methoxy groups -OCH3 is 1. The maximum absolute atomic E-state index is 12.6. The van der Waals surface area contributed by atoms with Gasteiger partial charge in [0.05, 0.1) is 23.4 Å². The molecule has 1 saturated heterocycles. The number of nitrogens with two attached hydrogens (primary N) is 2. The topological polar surface area (TPSA) is 120 Å². The average Bonchev–Trinajstić information content (AvgIpc) is 2.79. The van der Waals surface area contributed by atoms with Crippen molar-refractivity contribution in [3.63, 3.8) is 0 Å². The largest absolute Gasteiger partial charge is 0.496 e. The van der Waals surface area contributed by atoms with E-state index in [1.54, 1.807) is 6.07 Å². The number of benzene rings is 2. The Balaban J connectivity index is 1.51. The molecule has 1 fully saturated rings.